The largest absolute Gasteiger partial charge is 0.277 e. The second-order valence-corrected chi connectivity index (χ2v) is 7.37. The van der Waals surface area contributed by atoms with E-state index in [1.165, 1.54) is 27.6 Å². The third-order valence-electron chi connectivity index (χ3n) is 5.92. The first kappa shape index (κ1) is 16.0. The minimum Gasteiger partial charge on any atom is -0.258 e. The van der Waals surface area contributed by atoms with Gasteiger partial charge in [0, 0.05) is 6.07 Å². The van der Waals surface area contributed by atoms with Crippen molar-refractivity contribution in [1.29, 1.82) is 0 Å². The van der Waals surface area contributed by atoms with Gasteiger partial charge in [-0.05, 0) is 55.4 Å². The van der Waals surface area contributed by atoms with E-state index >= 15 is 0 Å². The first-order valence-corrected chi connectivity index (χ1v) is 9.56. The van der Waals surface area contributed by atoms with Crippen molar-refractivity contribution in [3.05, 3.63) is 101 Å². The zero-order valence-electron chi connectivity index (χ0n) is 15.4. The molecule has 0 heterocycles. The molecule has 0 fully saturated rings. The molecule has 3 nitrogen and oxygen atoms in total. The van der Waals surface area contributed by atoms with Crippen LogP contribution in [-0.2, 0) is 0 Å². The first-order chi connectivity index (χ1) is 14.2. The summed E-state index contributed by atoms with van der Waals surface area (Å²) in [5, 5.41) is 16.0. The van der Waals surface area contributed by atoms with Crippen LogP contribution in [0.15, 0.2) is 91.0 Å². The molecule has 5 aromatic rings. The molecule has 0 saturated carbocycles. The topological polar surface area (TPSA) is 43.1 Å². The maximum absolute atomic E-state index is 11.9. The van der Waals surface area contributed by atoms with Crippen LogP contribution in [0.25, 0.3) is 54.9 Å². The lowest BCUT2D eigenvalue weighted by atomic mass is 9.90. The van der Waals surface area contributed by atoms with Crippen molar-refractivity contribution in [3.63, 3.8) is 0 Å². The Morgan fingerprint density at radius 2 is 1.17 bits per heavy atom. The van der Waals surface area contributed by atoms with E-state index < -0.39 is 0 Å². The third-order valence-corrected chi connectivity index (χ3v) is 5.92. The average Bonchev–Trinajstić information content (AvgIpc) is 3.09. The van der Waals surface area contributed by atoms with Gasteiger partial charge in [0.1, 0.15) is 0 Å². The summed E-state index contributed by atoms with van der Waals surface area (Å²) in [7, 11) is 0. The van der Waals surface area contributed by atoms with Crippen molar-refractivity contribution in [2.75, 3.05) is 0 Å². The minimum absolute atomic E-state index is 0.139. The lowest BCUT2D eigenvalue weighted by Crippen LogP contribution is -1.94. The monoisotopic (exact) mass is 373 g/mol. The van der Waals surface area contributed by atoms with Gasteiger partial charge in [0.25, 0.3) is 5.69 Å². The molecule has 0 bridgehead atoms. The summed E-state index contributed by atoms with van der Waals surface area (Å²) < 4.78 is 0. The van der Waals surface area contributed by atoms with Crippen LogP contribution in [0, 0.1) is 10.1 Å². The van der Waals surface area contributed by atoms with Crippen molar-refractivity contribution in [1.82, 2.24) is 0 Å². The van der Waals surface area contributed by atoms with Crippen molar-refractivity contribution in [2.24, 2.45) is 0 Å². The van der Waals surface area contributed by atoms with E-state index in [4.69, 9.17) is 0 Å². The summed E-state index contributed by atoms with van der Waals surface area (Å²) in [6.07, 6.45) is 0. The van der Waals surface area contributed by atoms with Gasteiger partial charge in [0.05, 0.1) is 10.5 Å². The zero-order chi connectivity index (χ0) is 19.5. The Morgan fingerprint density at radius 3 is 1.97 bits per heavy atom. The van der Waals surface area contributed by atoms with E-state index in [1.807, 2.05) is 42.5 Å². The standard InChI is InChI=1S/C26H15NO2/c28-27(29)24-15-12-16-6-1-2-7-17(16)26(24)23-14-13-22-19-9-4-3-8-18(19)20-10-5-11-21(23)25(20)22/h1-15H. The van der Waals surface area contributed by atoms with Crippen LogP contribution in [0.3, 0.4) is 0 Å². The highest BCUT2D eigenvalue weighted by molar-refractivity contribution is 6.20. The second-order valence-electron chi connectivity index (χ2n) is 7.37. The van der Waals surface area contributed by atoms with Gasteiger partial charge >= 0.3 is 0 Å². The predicted octanol–water partition coefficient (Wildman–Crippen LogP) is 7.22. The number of fused-ring (bicyclic) bond motifs is 4. The van der Waals surface area contributed by atoms with Gasteiger partial charge in [0.2, 0.25) is 0 Å². The van der Waals surface area contributed by atoms with E-state index in [0.29, 0.717) is 5.56 Å². The average molecular weight is 373 g/mol. The molecular weight excluding hydrogens is 358 g/mol. The Labute approximate surface area is 167 Å². The molecule has 0 unspecified atom stereocenters. The van der Waals surface area contributed by atoms with E-state index in [2.05, 4.69) is 42.5 Å². The molecule has 0 radical (unpaired) electrons. The first-order valence-electron chi connectivity index (χ1n) is 9.56. The summed E-state index contributed by atoms with van der Waals surface area (Å²) >= 11 is 0. The fourth-order valence-corrected chi connectivity index (χ4v) is 4.72. The summed E-state index contributed by atoms with van der Waals surface area (Å²) in [6, 6.07) is 30.1. The number of nitro benzene ring substituents is 1. The number of hydrogen-bond acceptors (Lipinski definition) is 2. The fraction of sp³-hybridized carbons (Fsp3) is 0. The highest BCUT2D eigenvalue weighted by atomic mass is 16.6. The Kier molecular flexibility index (Phi) is 3.18. The van der Waals surface area contributed by atoms with Gasteiger partial charge in [-0.25, -0.2) is 0 Å². The van der Waals surface area contributed by atoms with Crippen molar-refractivity contribution in [3.8, 4) is 33.4 Å². The maximum atomic E-state index is 11.9. The van der Waals surface area contributed by atoms with Gasteiger partial charge in [-0.3, -0.25) is 10.1 Å². The molecule has 6 rings (SSSR count). The summed E-state index contributed by atoms with van der Waals surface area (Å²) in [4.78, 5) is 11.6. The zero-order valence-corrected chi connectivity index (χ0v) is 15.4. The summed E-state index contributed by atoms with van der Waals surface area (Å²) in [6.45, 7) is 0. The van der Waals surface area contributed by atoms with Gasteiger partial charge < -0.3 is 0 Å². The number of hydrogen-bond donors (Lipinski definition) is 0. The lowest BCUT2D eigenvalue weighted by molar-refractivity contribution is -0.384. The molecule has 29 heavy (non-hydrogen) atoms. The Morgan fingerprint density at radius 1 is 0.552 bits per heavy atom. The quantitative estimate of drug-likeness (QED) is 0.238. The fourth-order valence-electron chi connectivity index (χ4n) is 4.72. The molecule has 0 saturated heterocycles. The molecule has 5 aromatic carbocycles. The molecule has 0 N–H and O–H groups in total. The molecule has 0 spiro atoms. The predicted molar refractivity (Wildman–Crippen MR) is 118 cm³/mol. The van der Waals surface area contributed by atoms with Crippen LogP contribution >= 0.6 is 0 Å². The Balaban J connectivity index is 1.78. The summed E-state index contributed by atoms with van der Waals surface area (Å²) in [5.74, 6) is 0. The van der Waals surface area contributed by atoms with Crippen LogP contribution in [0.2, 0.25) is 0 Å². The third kappa shape index (κ3) is 2.13. The van der Waals surface area contributed by atoms with E-state index in [1.54, 1.807) is 6.07 Å². The second kappa shape index (κ2) is 5.76. The van der Waals surface area contributed by atoms with Crippen LogP contribution < -0.4 is 0 Å². The van der Waals surface area contributed by atoms with Gasteiger partial charge in [0.15, 0.2) is 0 Å². The lowest BCUT2D eigenvalue weighted by Gasteiger charge is -2.12. The van der Waals surface area contributed by atoms with Gasteiger partial charge in [-0.2, -0.15) is 0 Å². The van der Waals surface area contributed by atoms with Crippen LogP contribution in [0.4, 0.5) is 5.69 Å². The maximum Gasteiger partial charge on any atom is 0.277 e. The van der Waals surface area contributed by atoms with Gasteiger partial charge in [-0.15, -0.1) is 0 Å². The molecule has 0 amide bonds. The van der Waals surface area contributed by atoms with E-state index in [-0.39, 0.29) is 10.6 Å². The van der Waals surface area contributed by atoms with Crippen molar-refractivity contribution < 1.29 is 4.92 Å². The van der Waals surface area contributed by atoms with E-state index in [0.717, 1.165) is 21.7 Å². The number of nitrogens with zero attached hydrogens (tertiary/aromatic N) is 1. The van der Waals surface area contributed by atoms with Gasteiger partial charge in [-0.1, -0.05) is 78.9 Å². The van der Waals surface area contributed by atoms with Crippen LogP contribution in [0.5, 0.6) is 0 Å². The molecule has 1 aliphatic rings. The molecule has 3 heteroatoms. The van der Waals surface area contributed by atoms with Crippen LogP contribution in [0.1, 0.15) is 0 Å². The normalized spacial score (nSPS) is 11.7. The molecule has 0 atom stereocenters. The number of rotatable bonds is 2. The van der Waals surface area contributed by atoms with Crippen LogP contribution in [-0.4, -0.2) is 4.92 Å². The smallest absolute Gasteiger partial charge is 0.258 e. The minimum atomic E-state index is -0.278. The molecule has 0 aromatic heterocycles. The Bertz CT molecular complexity index is 1450. The number of benzene rings is 5. The SMILES string of the molecule is O=[N+]([O-])c1ccc2ccccc2c1-c1ccc2c3c(cccc13)-c1ccccc1-2. The molecule has 136 valence electrons. The molecular formula is C26H15NO2. The summed E-state index contributed by atoms with van der Waals surface area (Å²) in [5.41, 5.74) is 6.56. The molecule has 0 aliphatic heterocycles. The van der Waals surface area contributed by atoms with Crippen molar-refractivity contribution in [2.45, 2.75) is 0 Å². The highest BCUT2D eigenvalue weighted by Crippen LogP contribution is 2.50. The highest BCUT2D eigenvalue weighted by Gasteiger charge is 2.25. The Hall–Kier alpha value is -3.98. The molecule has 1 aliphatic carbocycles. The number of nitro groups is 1. The van der Waals surface area contributed by atoms with E-state index in [9.17, 15) is 10.1 Å². The van der Waals surface area contributed by atoms with Crippen molar-refractivity contribution >= 4 is 27.2 Å².